The topological polar surface area (TPSA) is 99.3 Å². The summed E-state index contributed by atoms with van der Waals surface area (Å²) in [5.74, 6) is 1.17. The highest BCUT2D eigenvalue weighted by Crippen LogP contribution is 2.28. The minimum absolute atomic E-state index is 0.00318. The molecule has 3 heterocycles. The van der Waals surface area contributed by atoms with Gasteiger partial charge in [-0.05, 0) is 25.0 Å². The number of hydrogen-bond acceptors (Lipinski definition) is 7. The number of para-hydroxylation sites is 1. The van der Waals surface area contributed by atoms with Gasteiger partial charge in [0.15, 0.2) is 17.0 Å². The van der Waals surface area contributed by atoms with Gasteiger partial charge in [0, 0.05) is 18.8 Å². The van der Waals surface area contributed by atoms with Crippen LogP contribution >= 0.6 is 0 Å². The number of aliphatic hydroxyl groups is 2. The predicted molar refractivity (Wildman–Crippen MR) is 99.7 cm³/mol. The van der Waals surface area contributed by atoms with Crippen LogP contribution in [0.25, 0.3) is 16.9 Å². The Balaban J connectivity index is 1.85. The second-order valence-corrected chi connectivity index (χ2v) is 6.32. The lowest BCUT2D eigenvalue weighted by molar-refractivity contribution is 0.265. The van der Waals surface area contributed by atoms with E-state index in [4.69, 9.17) is 10.1 Å². The molecule has 3 aromatic rings. The summed E-state index contributed by atoms with van der Waals surface area (Å²) in [7, 11) is 0. The van der Waals surface area contributed by atoms with E-state index >= 15 is 0 Å². The van der Waals surface area contributed by atoms with Crippen molar-refractivity contribution in [1.82, 2.24) is 19.5 Å². The van der Waals surface area contributed by atoms with E-state index < -0.39 is 0 Å². The predicted octanol–water partition coefficient (Wildman–Crippen LogP) is 1.18. The van der Waals surface area contributed by atoms with Crippen LogP contribution < -0.4 is 10.2 Å². The highest BCUT2D eigenvalue weighted by atomic mass is 16.3. The summed E-state index contributed by atoms with van der Waals surface area (Å²) in [6, 6.07) is 9.93. The molecule has 136 valence electrons. The molecule has 1 aliphatic heterocycles. The number of rotatable bonds is 6. The van der Waals surface area contributed by atoms with E-state index in [1.54, 1.807) is 6.33 Å². The van der Waals surface area contributed by atoms with Crippen molar-refractivity contribution in [1.29, 1.82) is 0 Å². The lowest BCUT2D eigenvalue weighted by atomic mass is 10.2. The minimum Gasteiger partial charge on any atom is -0.395 e. The van der Waals surface area contributed by atoms with Crippen LogP contribution in [0, 0.1) is 0 Å². The van der Waals surface area contributed by atoms with Gasteiger partial charge in [0.2, 0.25) is 5.95 Å². The highest BCUT2D eigenvalue weighted by molar-refractivity contribution is 5.85. The van der Waals surface area contributed by atoms with Gasteiger partial charge in [-0.15, -0.1) is 0 Å². The van der Waals surface area contributed by atoms with Crippen molar-refractivity contribution in [2.24, 2.45) is 0 Å². The van der Waals surface area contributed by atoms with Gasteiger partial charge < -0.3 is 20.4 Å². The number of anilines is 2. The van der Waals surface area contributed by atoms with Crippen LogP contribution in [0.4, 0.5) is 11.8 Å². The van der Waals surface area contributed by atoms with Crippen LogP contribution in [0.1, 0.15) is 12.8 Å². The van der Waals surface area contributed by atoms with E-state index in [1.165, 1.54) is 0 Å². The summed E-state index contributed by atoms with van der Waals surface area (Å²) in [6.45, 7) is 1.28. The Morgan fingerprint density at radius 3 is 2.77 bits per heavy atom. The van der Waals surface area contributed by atoms with Gasteiger partial charge in [-0.25, -0.2) is 4.98 Å². The molecule has 8 nitrogen and oxygen atoms in total. The van der Waals surface area contributed by atoms with Gasteiger partial charge in [-0.3, -0.25) is 4.57 Å². The molecule has 1 aliphatic rings. The summed E-state index contributed by atoms with van der Waals surface area (Å²) in [4.78, 5) is 15.9. The average molecular weight is 354 g/mol. The fourth-order valence-corrected chi connectivity index (χ4v) is 3.38. The van der Waals surface area contributed by atoms with Gasteiger partial charge in [0.25, 0.3) is 0 Å². The molecule has 2 aromatic heterocycles. The zero-order chi connectivity index (χ0) is 17.9. The lowest BCUT2D eigenvalue weighted by Crippen LogP contribution is -2.33. The molecule has 3 N–H and O–H groups in total. The maximum absolute atomic E-state index is 9.65. The van der Waals surface area contributed by atoms with Crippen LogP contribution in [-0.4, -0.2) is 62.1 Å². The van der Waals surface area contributed by atoms with Gasteiger partial charge in [0.05, 0.1) is 19.3 Å². The largest absolute Gasteiger partial charge is 0.395 e. The van der Waals surface area contributed by atoms with Gasteiger partial charge >= 0.3 is 0 Å². The Morgan fingerprint density at radius 2 is 2.00 bits per heavy atom. The third-order valence-corrected chi connectivity index (χ3v) is 4.67. The highest BCUT2D eigenvalue weighted by Gasteiger charge is 2.27. The molecule has 4 rings (SSSR count). The standard InChI is InChI=1S/C18H22N6O2/c25-10-8-19-16-15-17(24(12-20-15)13-5-2-1-3-6-13)22-18(21-16)23-9-4-7-14(23)11-26/h1-3,5-6,12,14,25-26H,4,7-11H2,(H,19,21,22). The smallest absolute Gasteiger partial charge is 0.229 e. The van der Waals surface area contributed by atoms with Crippen LogP contribution in [0.3, 0.4) is 0 Å². The quantitative estimate of drug-likeness (QED) is 0.611. The maximum atomic E-state index is 9.65. The van der Waals surface area contributed by atoms with Gasteiger partial charge in [0.1, 0.15) is 6.33 Å². The first kappa shape index (κ1) is 16.7. The Morgan fingerprint density at radius 1 is 1.15 bits per heavy atom. The van der Waals surface area contributed by atoms with Crippen LogP contribution in [0.15, 0.2) is 36.7 Å². The second kappa shape index (κ2) is 7.27. The molecule has 1 saturated heterocycles. The van der Waals surface area contributed by atoms with Crippen molar-refractivity contribution in [2.45, 2.75) is 18.9 Å². The fraction of sp³-hybridized carbons (Fsp3) is 0.389. The van der Waals surface area contributed by atoms with Gasteiger partial charge in [-0.1, -0.05) is 18.2 Å². The number of nitrogens with one attached hydrogen (secondary N) is 1. The normalized spacial score (nSPS) is 17.2. The summed E-state index contributed by atoms with van der Waals surface area (Å²) in [5, 5.41) is 22.0. The molecule has 0 amide bonds. The third-order valence-electron chi connectivity index (χ3n) is 4.67. The van der Waals surface area contributed by atoms with Crippen molar-refractivity contribution < 1.29 is 10.2 Å². The number of nitrogens with zero attached hydrogens (tertiary/aromatic N) is 5. The molecule has 1 atom stereocenters. The summed E-state index contributed by atoms with van der Waals surface area (Å²) in [5.41, 5.74) is 2.32. The molecule has 8 heteroatoms. The molecule has 0 saturated carbocycles. The van der Waals surface area contributed by atoms with Crippen LogP contribution in [-0.2, 0) is 0 Å². The molecule has 0 aliphatic carbocycles. The number of hydrogen-bond donors (Lipinski definition) is 3. The van der Waals surface area contributed by atoms with E-state index in [-0.39, 0.29) is 19.3 Å². The molecule has 0 spiro atoms. The first-order chi connectivity index (χ1) is 12.8. The first-order valence-electron chi connectivity index (χ1n) is 8.84. The monoisotopic (exact) mass is 354 g/mol. The Labute approximate surface area is 151 Å². The first-order valence-corrected chi connectivity index (χ1v) is 8.84. The number of aromatic nitrogens is 4. The van der Waals surface area contributed by atoms with E-state index in [1.807, 2.05) is 39.8 Å². The number of benzene rings is 1. The lowest BCUT2D eigenvalue weighted by Gasteiger charge is -2.23. The number of imidazole rings is 1. The van der Waals surface area contributed by atoms with Crippen molar-refractivity contribution >= 4 is 22.9 Å². The third kappa shape index (κ3) is 2.97. The van der Waals surface area contributed by atoms with Crippen LogP contribution in [0.5, 0.6) is 0 Å². The summed E-state index contributed by atoms with van der Waals surface area (Å²) in [6.07, 6.45) is 3.66. The SMILES string of the molecule is OCCNc1nc(N2CCCC2CO)nc2c1ncn2-c1ccccc1. The number of aliphatic hydroxyl groups excluding tert-OH is 2. The molecular formula is C18H22N6O2. The average Bonchev–Trinajstić information content (AvgIpc) is 3.33. The van der Waals surface area contributed by atoms with E-state index in [0.717, 1.165) is 25.1 Å². The Hall–Kier alpha value is -2.71. The molecule has 26 heavy (non-hydrogen) atoms. The molecular weight excluding hydrogens is 332 g/mol. The second-order valence-electron chi connectivity index (χ2n) is 6.32. The summed E-state index contributed by atoms with van der Waals surface area (Å²) >= 11 is 0. The molecule has 1 fully saturated rings. The van der Waals surface area contributed by atoms with E-state index in [2.05, 4.69) is 15.3 Å². The zero-order valence-electron chi connectivity index (χ0n) is 14.4. The van der Waals surface area contributed by atoms with Crippen LogP contribution in [0.2, 0.25) is 0 Å². The van der Waals surface area contributed by atoms with E-state index in [0.29, 0.717) is 29.5 Å². The van der Waals surface area contributed by atoms with Crippen molar-refractivity contribution in [3.63, 3.8) is 0 Å². The van der Waals surface area contributed by atoms with E-state index in [9.17, 15) is 5.11 Å². The molecule has 1 aromatic carbocycles. The maximum Gasteiger partial charge on any atom is 0.229 e. The van der Waals surface area contributed by atoms with Crippen molar-refractivity contribution in [3.8, 4) is 5.69 Å². The minimum atomic E-state index is 0.00318. The molecule has 0 radical (unpaired) electrons. The fourth-order valence-electron chi connectivity index (χ4n) is 3.38. The van der Waals surface area contributed by atoms with Crippen molar-refractivity contribution in [2.75, 3.05) is 36.5 Å². The number of fused-ring (bicyclic) bond motifs is 1. The Kier molecular flexibility index (Phi) is 4.68. The Bertz CT molecular complexity index is 882. The molecule has 0 bridgehead atoms. The molecule has 1 unspecified atom stereocenters. The summed E-state index contributed by atoms with van der Waals surface area (Å²) < 4.78 is 1.93. The van der Waals surface area contributed by atoms with Crippen molar-refractivity contribution in [3.05, 3.63) is 36.7 Å². The zero-order valence-corrected chi connectivity index (χ0v) is 14.4. The van der Waals surface area contributed by atoms with Gasteiger partial charge in [-0.2, -0.15) is 9.97 Å².